The molecule has 0 spiro atoms. The molecule has 0 aromatic heterocycles. The molecule has 0 aliphatic carbocycles. The molecule has 4 unspecified atom stereocenters. The van der Waals surface area contributed by atoms with Crippen LogP contribution >= 0.6 is 0 Å². The van der Waals surface area contributed by atoms with Gasteiger partial charge in [0.2, 0.25) is 5.91 Å². The molecular formula is C64H119NO5. The first-order valence-corrected chi connectivity index (χ1v) is 30.7. The van der Waals surface area contributed by atoms with Gasteiger partial charge in [-0.05, 0) is 96.3 Å². The normalized spacial score (nSPS) is 14.1. The average Bonchev–Trinajstić information content (AvgIpc) is 3.36. The minimum absolute atomic E-state index is 0.353. The van der Waals surface area contributed by atoms with E-state index in [0.29, 0.717) is 19.3 Å². The Kier molecular flexibility index (Phi) is 56.3. The molecule has 0 saturated carbocycles. The minimum atomic E-state index is -1.30. The molecule has 0 saturated heterocycles. The van der Waals surface area contributed by atoms with Crippen molar-refractivity contribution < 1.29 is 25.2 Å². The SMILES string of the molecule is CCCCCCCCCCC/C=C\C/C=C\CCCCCCCCCCCCC(O)C(=O)NC(CO)C(O)C(O)CCC/C=C/CC/C=C/CC/C=C/CCCCCCCCCCCCCCCCC. The molecule has 0 rings (SSSR count). The summed E-state index contributed by atoms with van der Waals surface area (Å²) in [5.41, 5.74) is 0. The summed E-state index contributed by atoms with van der Waals surface area (Å²) in [5.74, 6) is -0.601. The number of nitrogens with one attached hydrogen (secondary N) is 1. The fourth-order valence-electron chi connectivity index (χ4n) is 9.35. The van der Waals surface area contributed by atoms with Crippen LogP contribution in [0.5, 0.6) is 0 Å². The van der Waals surface area contributed by atoms with E-state index < -0.39 is 36.9 Å². The summed E-state index contributed by atoms with van der Waals surface area (Å²) >= 11 is 0. The highest BCUT2D eigenvalue weighted by atomic mass is 16.3. The van der Waals surface area contributed by atoms with Crippen molar-refractivity contribution in [3.05, 3.63) is 60.8 Å². The van der Waals surface area contributed by atoms with Crippen LogP contribution in [0.15, 0.2) is 60.8 Å². The van der Waals surface area contributed by atoms with E-state index in [4.69, 9.17) is 0 Å². The quantitative estimate of drug-likeness (QED) is 0.0308. The summed E-state index contributed by atoms with van der Waals surface area (Å²) in [5, 5.41) is 44.0. The highest BCUT2D eigenvalue weighted by molar-refractivity contribution is 5.80. The third-order valence-electron chi connectivity index (χ3n) is 14.2. The molecule has 0 radical (unpaired) electrons. The van der Waals surface area contributed by atoms with E-state index in [0.717, 1.165) is 57.8 Å². The Hall–Kier alpha value is -1.99. The molecule has 4 atom stereocenters. The van der Waals surface area contributed by atoms with Gasteiger partial charge in [-0.3, -0.25) is 4.79 Å². The summed E-state index contributed by atoms with van der Waals surface area (Å²) in [7, 11) is 0. The lowest BCUT2D eigenvalue weighted by molar-refractivity contribution is -0.132. The first-order chi connectivity index (χ1) is 34.5. The summed E-state index contributed by atoms with van der Waals surface area (Å²) in [4.78, 5) is 12.6. The van der Waals surface area contributed by atoms with Crippen LogP contribution in [0.2, 0.25) is 0 Å². The third kappa shape index (κ3) is 50.9. The number of amides is 1. The molecule has 6 nitrogen and oxygen atoms in total. The Morgan fingerprint density at radius 3 is 0.986 bits per heavy atom. The van der Waals surface area contributed by atoms with Crippen molar-refractivity contribution in [1.82, 2.24) is 5.32 Å². The van der Waals surface area contributed by atoms with Gasteiger partial charge in [0.1, 0.15) is 12.2 Å². The molecule has 0 fully saturated rings. The first kappa shape index (κ1) is 68.0. The van der Waals surface area contributed by atoms with Crippen molar-refractivity contribution in [3.8, 4) is 0 Å². The van der Waals surface area contributed by atoms with Gasteiger partial charge in [-0.2, -0.15) is 0 Å². The number of aliphatic hydroxyl groups is 4. The Bertz CT molecular complexity index is 1190. The molecule has 0 aromatic rings. The molecule has 0 aromatic carbocycles. The third-order valence-corrected chi connectivity index (χ3v) is 14.2. The van der Waals surface area contributed by atoms with Crippen LogP contribution in [-0.2, 0) is 4.79 Å². The Labute approximate surface area is 435 Å². The largest absolute Gasteiger partial charge is 0.394 e. The van der Waals surface area contributed by atoms with Gasteiger partial charge in [-0.15, -0.1) is 0 Å². The summed E-state index contributed by atoms with van der Waals surface area (Å²) in [6.07, 6.45) is 75.9. The average molecular weight is 983 g/mol. The number of unbranched alkanes of at least 4 members (excludes halogenated alkanes) is 37. The second-order valence-electron chi connectivity index (χ2n) is 21.0. The number of hydrogen-bond acceptors (Lipinski definition) is 5. The van der Waals surface area contributed by atoms with E-state index in [1.165, 1.54) is 218 Å². The molecule has 1 amide bonds. The molecule has 0 bridgehead atoms. The lowest BCUT2D eigenvalue weighted by Crippen LogP contribution is -2.53. The van der Waals surface area contributed by atoms with Gasteiger partial charge in [0.15, 0.2) is 0 Å². The predicted octanol–water partition coefficient (Wildman–Crippen LogP) is 18.3. The van der Waals surface area contributed by atoms with E-state index in [2.05, 4.69) is 79.9 Å². The van der Waals surface area contributed by atoms with Crippen LogP contribution in [0.3, 0.4) is 0 Å². The second-order valence-corrected chi connectivity index (χ2v) is 21.0. The van der Waals surface area contributed by atoms with Crippen molar-refractivity contribution >= 4 is 5.91 Å². The smallest absolute Gasteiger partial charge is 0.249 e. The molecule has 0 aliphatic heterocycles. The van der Waals surface area contributed by atoms with Gasteiger partial charge in [0.05, 0.1) is 18.8 Å². The van der Waals surface area contributed by atoms with Crippen LogP contribution in [0.25, 0.3) is 0 Å². The summed E-state index contributed by atoms with van der Waals surface area (Å²) in [6.45, 7) is 4.07. The monoisotopic (exact) mass is 982 g/mol. The van der Waals surface area contributed by atoms with Gasteiger partial charge in [-0.25, -0.2) is 0 Å². The maximum absolute atomic E-state index is 12.6. The number of rotatable bonds is 56. The van der Waals surface area contributed by atoms with E-state index >= 15 is 0 Å². The zero-order valence-corrected chi connectivity index (χ0v) is 46.5. The molecule has 410 valence electrons. The Morgan fingerprint density at radius 2 is 0.643 bits per heavy atom. The molecule has 70 heavy (non-hydrogen) atoms. The topological polar surface area (TPSA) is 110 Å². The summed E-state index contributed by atoms with van der Waals surface area (Å²) in [6, 6.07) is -1.02. The zero-order chi connectivity index (χ0) is 50.9. The number of allylic oxidation sites excluding steroid dienone is 10. The van der Waals surface area contributed by atoms with E-state index in [9.17, 15) is 25.2 Å². The highest BCUT2D eigenvalue weighted by Gasteiger charge is 2.28. The maximum atomic E-state index is 12.6. The van der Waals surface area contributed by atoms with Crippen molar-refractivity contribution in [1.29, 1.82) is 0 Å². The lowest BCUT2D eigenvalue weighted by Gasteiger charge is -2.27. The standard InChI is InChI=1S/C64H119NO5/c1-3-5-7-9-11-13-15-17-19-21-23-25-27-29-31-32-34-35-37-39-41-43-45-47-49-51-53-55-57-61(67)63(69)60(59-66)65-64(70)62(68)58-56-54-52-50-48-46-44-42-40-38-36-33-30-28-26-24-22-20-18-16-14-12-10-8-6-4-2/h24,26,30,33-35,41,43,49,51,60-63,66-69H,3-23,25,27-29,31-32,36-40,42,44-48,50,52-59H2,1-2H3,(H,65,70)/b26-24-,33-30-,35-34+,43-41+,51-49+. The van der Waals surface area contributed by atoms with Gasteiger partial charge in [0.25, 0.3) is 0 Å². The van der Waals surface area contributed by atoms with Gasteiger partial charge in [0, 0.05) is 0 Å². The van der Waals surface area contributed by atoms with Crippen LogP contribution in [0, 0.1) is 0 Å². The lowest BCUT2D eigenvalue weighted by atomic mass is 10.00. The fraction of sp³-hybridized carbons (Fsp3) is 0.828. The molecule has 0 aliphatic rings. The number of hydrogen-bond donors (Lipinski definition) is 5. The fourth-order valence-corrected chi connectivity index (χ4v) is 9.35. The minimum Gasteiger partial charge on any atom is -0.394 e. The van der Waals surface area contributed by atoms with Crippen molar-refractivity contribution in [2.75, 3.05) is 6.61 Å². The van der Waals surface area contributed by atoms with E-state index in [-0.39, 0.29) is 0 Å². The van der Waals surface area contributed by atoms with Crippen molar-refractivity contribution in [2.24, 2.45) is 0 Å². The van der Waals surface area contributed by atoms with Gasteiger partial charge in [-0.1, -0.05) is 274 Å². The summed E-state index contributed by atoms with van der Waals surface area (Å²) < 4.78 is 0. The Balaban J connectivity index is 3.70. The Morgan fingerprint density at radius 1 is 0.357 bits per heavy atom. The number of carbonyl (C=O) groups is 1. The zero-order valence-electron chi connectivity index (χ0n) is 46.5. The van der Waals surface area contributed by atoms with E-state index in [1.807, 2.05) is 0 Å². The molecule has 6 heteroatoms. The van der Waals surface area contributed by atoms with E-state index in [1.54, 1.807) is 0 Å². The molecular weight excluding hydrogens is 863 g/mol. The van der Waals surface area contributed by atoms with Crippen molar-refractivity contribution in [3.63, 3.8) is 0 Å². The van der Waals surface area contributed by atoms with Gasteiger partial charge < -0.3 is 25.7 Å². The second kappa shape index (κ2) is 57.9. The number of carbonyl (C=O) groups excluding carboxylic acids is 1. The molecule has 0 heterocycles. The van der Waals surface area contributed by atoms with Crippen LogP contribution < -0.4 is 5.32 Å². The maximum Gasteiger partial charge on any atom is 0.249 e. The van der Waals surface area contributed by atoms with Crippen LogP contribution in [-0.4, -0.2) is 57.3 Å². The van der Waals surface area contributed by atoms with Crippen LogP contribution in [0.4, 0.5) is 0 Å². The predicted molar refractivity (Wildman–Crippen MR) is 306 cm³/mol. The van der Waals surface area contributed by atoms with Crippen LogP contribution in [0.1, 0.15) is 309 Å². The molecule has 5 N–H and O–H groups in total. The highest BCUT2D eigenvalue weighted by Crippen LogP contribution is 2.17. The number of aliphatic hydroxyl groups excluding tert-OH is 4. The van der Waals surface area contributed by atoms with Gasteiger partial charge >= 0.3 is 0 Å². The van der Waals surface area contributed by atoms with Crippen molar-refractivity contribution in [2.45, 2.75) is 334 Å². The first-order valence-electron chi connectivity index (χ1n) is 30.7.